The Hall–Kier alpha value is -1.36. The molecule has 1 saturated carbocycles. The first-order valence-corrected chi connectivity index (χ1v) is 6.43. The van der Waals surface area contributed by atoms with E-state index in [0.29, 0.717) is 11.8 Å². The van der Waals surface area contributed by atoms with Crippen molar-refractivity contribution in [3.8, 4) is 0 Å². The number of esters is 1. The summed E-state index contributed by atoms with van der Waals surface area (Å²) in [7, 11) is 0. The van der Waals surface area contributed by atoms with E-state index >= 15 is 0 Å². The molecule has 5 nitrogen and oxygen atoms in total. The van der Waals surface area contributed by atoms with Gasteiger partial charge in [0.25, 0.3) is 0 Å². The Bertz CT molecular complexity index is 444. The number of oxazole rings is 1. The molecule has 18 heavy (non-hydrogen) atoms. The fourth-order valence-electron chi connectivity index (χ4n) is 2.14. The fourth-order valence-corrected chi connectivity index (χ4v) is 2.14. The van der Waals surface area contributed by atoms with Crippen LogP contribution in [0.15, 0.2) is 10.7 Å². The Kier molecular flexibility index (Phi) is 2.86. The molecule has 1 saturated heterocycles. The number of nitrogens with zero attached hydrogens (tertiary/aromatic N) is 1. The van der Waals surface area contributed by atoms with Gasteiger partial charge in [-0.2, -0.15) is 0 Å². The third kappa shape index (κ3) is 2.41. The lowest BCUT2D eigenvalue weighted by atomic mass is 10.0. The van der Waals surface area contributed by atoms with Crippen molar-refractivity contribution in [2.75, 3.05) is 13.2 Å². The number of carbonyl (C=O) groups is 1. The third-order valence-corrected chi connectivity index (χ3v) is 3.47. The molecule has 0 N–H and O–H groups in total. The normalized spacial score (nSPS) is 27.4. The zero-order valence-electron chi connectivity index (χ0n) is 10.5. The van der Waals surface area contributed by atoms with E-state index in [9.17, 15) is 4.79 Å². The molecule has 2 aliphatic rings. The molecule has 1 aromatic heterocycles. The highest BCUT2D eigenvalue weighted by atomic mass is 16.6. The van der Waals surface area contributed by atoms with E-state index in [2.05, 4.69) is 4.98 Å². The fraction of sp³-hybridized carbons (Fsp3) is 0.692. The van der Waals surface area contributed by atoms with Gasteiger partial charge in [0, 0.05) is 12.5 Å². The topological polar surface area (TPSA) is 61.6 Å². The average Bonchev–Trinajstić information content (AvgIpc) is 2.93. The molecule has 0 unspecified atom stereocenters. The number of rotatable bonds is 4. The van der Waals surface area contributed by atoms with Crippen molar-refractivity contribution in [2.24, 2.45) is 0 Å². The second kappa shape index (κ2) is 4.39. The predicted molar refractivity (Wildman–Crippen MR) is 62.4 cm³/mol. The summed E-state index contributed by atoms with van der Waals surface area (Å²) in [6, 6.07) is 0. The largest absolute Gasteiger partial charge is 0.458 e. The monoisotopic (exact) mass is 251 g/mol. The Morgan fingerprint density at radius 2 is 2.44 bits per heavy atom. The van der Waals surface area contributed by atoms with Crippen LogP contribution in [0.4, 0.5) is 0 Å². The number of aromatic nitrogens is 1. The van der Waals surface area contributed by atoms with E-state index in [-0.39, 0.29) is 17.9 Å². The molecule has 2 fully saturated rings. The second-order valence-electron chi connectivity index (χ2n) is 5.32. The van der Waals surface area contributed by atoms with Crippen molar-refractivity contribution in [1.29, 1.82) is 0 Å². The van der Waals surface area contributed by atoms with E-state index in [0.717, 1.165) is 32.3 Å². The Labute approximate surface area is 105 Å². The van der Waals surface area contributed by atoms with E-state index in [1.807, 2.05) is 6.92 Å². The molecule has 98 valence electrons. The molecule has 0 spiro atoms. The van der Waals surface area contributed by atoms with Gasteiger partial charge in [-0.1, -0.05) is 0 Å². The average molecular weight is 251 g/mol. The van der Waals surface area contributed by atoms with Gasteiger partial charge in [-0.25, -0.2) is 9.78 Å². The van der Waals surface area contributed by atoms with E-state index < -0.39 is 5.97 Å². The molecule has 1 aliphatic heterocycles. The van der Waals surface area contributed by atoms with Crippen LogP contribution in [0.3, 0.4) is 0 Å². The van der Waals surface area contributed by atoms with Gasteiger partial charge >= 0.3 is 5.97 Å². The summed E-state index contributed by atoms with van der Waals surface area (Å²) in [5.74, 6) is 0.634. The van der Waals surface area contributed by atoms with Crippen LogP contribution in [0, 0.1) is 0 Å². The maximum atomic E-state index is 11.8. The van der Waals surface area contributed by atoms with Crippen LogP contribution in [0.25, 0.3) is 0 Å². The summed E-state index contributed by atoms with van der Waals surface area (Å²) < 4.78 is 16.1. The lowest BCUT2D eigenvalue weighted by Crippen LogP contribution is -2.31. The van der Waals surface area contributed by atoms with E-state index in [1.54, 1.807) is 0 Å². The smallest absolute Gasteiger partial charge is 0.360 e. The van der Waals surface area contributed by atoms with Crippen LogP contribution in [0.5, 0.6) is 0 Å². The van der Waals surface area contributed by atoms with Gasteiger partial charge < -0.3 is 13.9 Å². The highest BCUT2D eigenvalue weighted by Crippen LogP contribution is 2.39. The summed E-state index contributed by atoms with van der Waals surface area (Å²) in [5, 5.41) is 0. The van der Waals surface area contributed by atoms with Crippen LogP contribution in [-0.2, 0) is 9.47 Å². The van der Waals surface area contributed by atoms with Crippen molar-refractivity contribution >= 4 is 5.97 Å². The summed E-state index contributed by atoms with van der Waals surface area (Å²) in [4.78, 5) is 16.0. The van der Waals surface area contributed by atoms with Gasteiger partial charge in [0.15, 0.2) is 11.6 Å². The minimum atomic E-state index is -0.428. The SMILES string of the molecule is C[C@]1(COC(=O)c2coc(C3CC3)n2)CCCO1. The number of carbonyl (C=O) groups excluding carboxylic acids is 1. The Morgan fingerprint density at radius 1 is 1.61 bits per heavy atom. The molecule has 5 heteroatoms. The van der Waals surface area contributed by atoms with Crippen molar-refractivity contribution in [1.82, 2.24) is 4.98 Å². The number of hydrogen-bond donors (Lipinski definition) is 0. The lowest BCUT2D eigenvalue weighted by molar-refractivity contribution is -0.0380. The standard InChI is InChI=1S/C13H17NO4/c1-13(5-2-6-18-13)8-17-12(15)10-7-16-11(14-10)9-3-4-9/h7,9H,2-6,8H2,1H3/t13-/m1/s1. The van der Waals surface area contributed by atoms with Gasteiger partial charge in [0.1, 0.15) is 12.9 Å². The minimum absolute atomic E-state index is 0.262. The summed E-state index contributed by atoms with van der Waals surface area (Å²) in [6.07, 6.45) is 5.52. The van der Waals surface area contributed by atoms with Crippen LogP contribution in [0.1, 0.15) is 54.9 Å². The summed E-state index contributed by atoms with van der Waals surface area (Å²) in [5.41, 5.74) is -0.0721. The van der Waals surface area contributed by atoms with Crippen LogP contribution >= 0.6 is 0 Å². The van der Waals surface area contributed by atoms with Gasteiger partial charge in [-0.15, -0.1) is 0 Å². The lowest BCUT2D eigenvalue weighted by Gasteiger charge is -2.21. The first-order valence-electron chi connectivity index (χ1n) is 6.43. The van der Waals surface area contributed by atoms with Crippen molar-refractivity contribution in [2.45, 2.75) is 44.1 Å². The minimum Gasteiger partial charge on any atom is -0.458 e. The van der Waals surface area contributed by atoms with Gasteiger partial charge in [0.05, 0.1) is 5.60 Å². The Balaban J connectivity index is 1.56. The zero-order chi connectivity index (χ0) is 12.6. The molecular formula is C13H17NO4. The molecule has 2 heterocycles. The zero-order valence-corrected chi connectivity index (χ0v) is 10.5. The van der Waals surface area contributed by atoms with Gasteiger partial charge in [0.2, 0.25) is 0 Å². The molecule has 0 aromatic carbocycles. The number of ether oxygens (including phenoxy) is 2. The predicted octanol–water partition coefficient (Wildman–Crippen LogP) is 2.28. The van der Waals surface area contributed by atoms with Crippen molar-refractivity contribution < 1.29 is 18.7 Å². The Morgan fingerprint density at radius 3 is 3.11 bits per heavy atom. The number of hydrogen-bond acceptors (Lipinski definition) is 5. The van der Waals surface area contributed by atoms with Crippen LogP contribution < -0.4 is 0 Å². The molecule has 1 aromatic rings. The molecule has 0 bridgehead atoms. The van der Waals surface area contributed by atoms with Gasteiger partial charge in [-0.3, -0.25) is 0 Å². The van der Waals surface area contributed by atoms with Crippen molar-refractivity contribution in [3.63, 3.8) is 0 Å². The highest BCUT2D eigenvalue weighted by Gasteiger charge is 2.33. The first-order chi connectivity index (χ1) is 8.66. The quantitative estimate of drug-likeness (QED) is 0.768. The van der Waals surface area contributed by atoms with Crippen LogP contribution in [-0.4, -0.2) is 29.8 Å². The summed E-state index contributed by atoms with van der Waals surface area (Å²) >= 11 is 0. The highest BCUT2D eigenvalue weighted by molar-refractivity contribution is 5.86. The van der Waals surface area contributed by atoms with E-state index in [1.165, 1.54) is 6.26 Å². The van der Waals surface area contributed by atoms with Gasteiger partial charge in [-0.05, 0) is 32.6 Å². The molecule has 3 rings (SSSR count). The van der Waals surface area contributed by atoms with Crippen molar-refractivity contribution in [3.05, 3.63) is 17.8 Å². The summed E-state index contributed by atoms with van der Waals surface area (Å²) in [6.45, 7) is 2.98. The third-order valence-electron chi connectivity index (χ3n) is 3.47. The second-order valence-corrected chi connectivity index (χ2v) is 5.32. The molecule has 0 radical (unpaired) electrons. The molecule has 1 atom stereocenters. The molecule has 1 aliphatic carbocycles. The maximum Gasteiger partial charge on any atom is 0.360 e. The van der Waals surface area contributed by atoms with E-state index in [4.69, 9.17) is 13.9 Å². The maximum absolute atomic E-state index is 11.8. The van der Waals surface area contributed by atoms with Crippen LogP contribution in [0.2, 0.25) is 0 Å². The molecular weight excluding hydrogens is 234 g/mol. The first kappa shape index (κ1) is 11.7. The molecule has 0 amide bonds.